The average Bonchev–Trinajstić information content (AvgIpc) is 3.01. The third-order valence-corrected chi connectivity index (χ3v) is 6.32. The molecule has 0 radical (unpaired) electrons. The van der Waals surface area contributed by atoms with Crippen LogP contribution < -0.4 is 4.74 Å². The van der Waals surface area contributed by atoms with Gasteiger partial charge in [0.25, 0.3) is 0 Å². The van der Waals surface area contributed by atoms with Gasteiger partial charge in [-0.2, -0.15) is 0 Å². The van der Waals surface area contributed by atoms with Crippen LogP contribution in [-0.2, 0) is 19.1 Å². The molecule has 1 heterocycles. The molecule has 0 N–H and O–H groups in total. The van der Waals surface area contributed by atoms with Gasteiger partial charge >= 0.3 is 5.97 Å². The van der Waals surface area contributed by atoms with E-state index in [4.69, 9.17) is 9.47 Å². The first-order valence-corrected chi connectivity index (χ1v) is 12.7. The first kappa shape index (κ1) is 26.9. The van der Waals surface area contributed by atoms with Crippen molar-refractivity contribution >= 4 is 17.7 Å². The molecule has 6 nitrogen and oxygen atoms in total. The van der Waals surface area contributed by atoms with Crippen LogP contribution in [0.1, 0.15) is 96.0 Å². The summed E-state index contributed by atoms with van der Waals surface area (Å²) in [5.41, 5.74) is 0.634. The Morgan fingerprint density at radius 3 is 2.03 bits per heavy atom. The Hall–Kier alpha value is -2.37. The second kappa shape index (κ2) is 14.7. The van der Waals surface area contributed by atoms with E-state index in [1.165, 1.54) is 62.7 Å². The number of unbranched alkanes of at least 4 members (excludes halogenated alkanes) is 9. The van der Waals surface area contributed by atoms with E-state index >= 15 is 0 Å². The molecule has 1 aromatic rings. The monoisotopic (exact) mass is 459 g/mol. The molecule has 2 unspecified atom stereocenters. The molecule has 1 aliphatic rings. The van der Waals surface area contributed by atoms with E-state index in [0.29, 0.717) is 12.2 Å². The van der Waals surface area contributed by atoms with Crippen molar-refractivity contribution in [1.82, 2.24) is 4.90 Å². The van der Waals surface area contributed by atoms with E-state index in [-0.39, 0.29) is 24.7 Å². The first-order chi connectivity index (χ1) is 16.0. The number of esters is 1. The zero-order valence-corrected chi connectivity index (χ0v) is 20.6. The smallest absolute Gasteiger partial charge is 0.308 e. The molecule has 0 aromatic heterocycles. The maximum Gasteiger partial charge on any atom is 0.308 e. The Kier molecular flexibility index (Phi) is 12.0. The van der Waals surface area contributed by atoms with E-state index < -0.39 is 17.9 Å². The van der Waals surface area contributed by atoms with Gasteiger partial charge in [-0.25, -0.2) is 0 Å². The maximum absolute atomic E-state index is 12.8. The average molecular weight is 460 g/mol. The quantitative estimate of drug-likeness (QED) is 0.187. The van der Waals surface area contributed by atoms with Crippen molar-refractivity contribution in [3.05, 3.63) is 29.8 Å². The van der Waals surface area contributed by atoms with Gasteiger partial charge in [0.05, 0.1) is 19.6 Å². The van der Waals surface area contributed by atoms with Crippen LogP contribution in [0.2, 0.25) is 0 Å². The summed E-state index contributed by atoms with van der Waals surface area (Å²) in [6, 6.07) is 6.40. The van der Waals surface area contributed by atoms with Gasteiger partial charge < -0.3 is 14.4 Å². The summed E-state index contributed by atoms with van der Waals surface area (Å²) in [4.78, 5) is 38.7. The number of hydrogen-bond acceptors (Lipinski definition) is 5. The lowest BCUT2D eigenvalue weighted by molar-refractivity contribution is -0.145. The largest absolute Gasteiger partial charge is 0.494 e. The summed E-state index contributed by atoms with van der Waals surface area (Å²) in [6.45, 7) is 4.88. The van der Waals surface area contributed by atoms with Gasteiger partial charge in [-0.05, 0) is 31.0 Å². The molecule has 0 saturated carbocycles. The van der Waals surface area contributed by atoms with Crippen LogP contribution in [0, 0.1) is 0 Å². The molecule has 1 amide bonds. The van der Waals surface area contributed by atoms with Crippen molar-refractivity contribution in [3.63, 3.8) is 0 Å². The lowest BCUT2D eigenvalue weighted by Gasteiger charge is -2.16. The van der Waals surface area contributed by atoms with Gasteiger partial charge in [0.2, 0.25) is 5.91 Å². The van der Waals surface area contributed by atoms with Crippen LogP contribution in [0.25, 0.3) is 0 Å². The number of carbonyl (C=O) groups excluding carboxylic acids is 3. The number of amides is 1. The highest BCUT2D eigenvalue weighted by Crippen LogP contribution is 2.31. The molecule has 1 fully saturated rings. The molecular weight excluding hydrogens is 418 g/mol. The van der Waals surface area contributed by atoms with E-state index in [9.17, 15) is 14.4 Å². The minimum Gasteiger partial charge on any atom is -0.494 e. The van der Waals surface area contributed by atoms with Gasteiger partial charge in [0.15, 0.2) is 5.78 Å². The van der Waals surface area contributed by atoms with Gasteiger partial charge in [-0.1, -0.05) is 76.8 Å². The summed E-state index contributed by atoms with van der Waals surface area (Å²) in [6.07, 6.45) is 12.7. The van der Waals surface area contributed by atoms with Crippen LogP contribution >= 0.6 is 0 Å². The van der Waals surface area contributed by atoms with E-state index in [1.54, 1.807) is 26.1 Å². The lowest BCUT2D eigenvalue weighted by atomic mass is 9.93. The molecule has 0 aliphatic carbocycles. The van der Waals surface area contributed by atoms with Crippen molar-refractivity contribution < 1.29 is 23.9 Å². The number of benzene rings is 1. The van der Waals surface area contributed by atoms with Crippen molar-refractivity contribution in [2.75, 3.05) is 20.3 Å². The number of ketones is 1. The number of likely N-dealkylation sites (tertiary alicyclic amines) is 1. The van der Waals surface area contributed by atoms with E-state index in [0.717, 1.165) is 12.2 Å². The molecule has 1 saturated heterocycles. The van der Waals surface area contributed by atoms with Crippen LogP contribution in [0.5, 0.6) is 5.75 Å². The number of hydrogen-bond donors (Lipinski definition) is 0. The Balaban J connectivity index is 1.71. The number of carbonyl (C=O) groups is 3. The molecule has 184 valence electrons. The van der Waals surface area contributed by atoms with Crippen molar-refractivity contribution in [2.45, 2.75) is 96.4 Å². The SMILES string of the molecule is CCCCCCCCCCCCOc1ccc(C2C(=O)C(CC(=O)OCC)N(C)C2=O)cc1. The van der Waals surface area contributed by atoms with E-state index in [2.05, 4.69) is 6.92 Å². The summed E-state index contributed by atoms with van der Waals surface area (Å²) in [5.74, 6) is -1.13. The third-order valence-electron chi connectivity index (χ3n) is 6.32. The molecule has 2 atom stereocenters. The van der Waals surface area contributed by atoms with Gasteiger partial charge in [-0.15, -0.1) is 0 Å². The molecule has 33 heavy (non-hydrogen) atoms. The van der Waals surface area contributed by atoms with Gasteiger partial charge in [0.1, 0.15) is 17.7 Å². The Morgan fingerprint density at radius 1 is 0.879 bits per heavy atom. The van der Waals surface area contributed by atoms with Gasteiger partial charge in [-0.3, -0.25) is 14.4 Å². The van der Waals surface area contributed by atoms with Crippen LogP contribution in [0.15, 0.2) is 24.3 Å². The minimum absolute atomic E-state index is 0.106. The minimum atomic E-state index is -0.870. The number of ether oxygens (including phenoxy) is 2. The third kappa shape index (κ3) is 8.49. The van der Waals surface area contributed by atoms with Crippen LogP contribution in [-0.4, -0.2) is 48.9 Å². The number of likely N-dealkylation sites (N-methyl/N-ethyl adjacent to an activating group) is 1. The zero-order valence-electron chi connectivity index (χ0n) is 20.6. The Morgan fingerprint density at radius 2 is 1.45 bits per heavy atom. The topological polar surface area (TPSA) is 72.9 Å². The standard InChI is InChI=1S/C27H41NO5/c1-4-6-7-8-9-10-11-12-13-14-19-33-22-17-15-21(16-18-22)25-26(30)23(28(3)27(25)31)20-24(29)32-5-2/h15-18,23,25H,4-14,19-20H2,1-3H3. The number of nitrogens with zero attached hydrogens (tertiary/aromatic N) is 1. The number of Topliss-reactive ketones (excluding diaryl/α,β-unsaturated/α-hetero) is 1. The lowest BCUT2D eigenvalue weighted by Crippen LogP contribution is -2.34. The molecule has 1 aliphatic heterocycles. The van der Waals surface area contributed by atoms with Crippen LogP contribution in [0.4, 0.5) is 0 Å². The second-order valence-corrected chi connectivity index (χ2v) is 8.91. The fraction of sp³-hybridized carbons (Fsp3) is 0.667. The molecule has 6 heteroatoms. The van der Waals surface area contributed by atoms with E-state index in [1.807, 2.05) is 12.1 Å². The van der Waals surface area contributed by atoms with Crippen molar-refractivity contribution in [3.8, 4) is 5.75 Å². The summed E-state index contributed by atoms with van der Waals surface area (Å²) in [5, 5.41) is 0. The Bertz CT molecular complexity index is 745. The summed E-state index contributed by atoms with van der Waals surface area (Å²) >= 11 is 0. The Labute approximate surface area is 199 Å². The molecule has 1 aromatic carbocycles. The fourth-order valence-corrected chi connectivity index (χ4v) is 4.32. The maximum atomic E-state index is 12.8. The molecule has 2 rings (SSSR count). The highest BCUT2D eigenvalue weighted by Gasteiger charge is 2.46. The van der Waals surface area contributed by atoms with Crippen molar-refractivity contribution in [1.29, 1.82) is 0 Å². The second-order valence-electron chi connectivity index (χ2n) is 8.91. The molecule has 0 bridgehead atoms. The predicted molar refractivity (Wildman–Crippen MR) is 129 cm³/mol. The van der Waals surface area contributed by atoms with Crippen molar-refractivity contribution in [2.24, 2.45) is 0 Å². The number of rotatable bonds is 16. The highest BCUT2D eigenvalue weighted by molar-refractivity contribution is 6.15. The summed E-state index contributed by atoms with van der Waals surface area (Å²) in [7, 11) is 1.56. The van der Waals surface area contributed by atoms with Crippen LogP contribution in [0.3, 0.4) is 0 Å². The fourth-order valence-electron chi connectivity index (χ4n) is 4.32. The van der Waals surface area contributed by atoms with Gasteiger partial charge in [0, 0.05) is 7.05 Å². The normalized spacial score (nSPS) is 18.1. The summed E-state index contributed by atoms with van der Waals surface area (Å²) < 4.78 is 10.8. The first-order valence-electron chi connectivity index (χ1n) is 12.7. The molecule has 0 spiro atoms. The zero-order chi connectivity index (χ0) is 24.1. The predicted octanol–water partition coefficient (Wildman–Crippen LogP) is 5.43. The molecular formula is C27H41NO5. The highest BCUT2D eigenvalue weighted by atomic mass is 16.5.